The molecular weight excluding hydrogens is 1260 g/mol. The molecule has 0 aliphatic carbocycles. The number of aliphatic hydroxyl groups excluding tert-OH is 1. The predicted molar refractivity (Wildman–Crippen MR) is 374 cm³/mol. The number of hydrogen-bond donors (Lipinski definition) is 4. The van der Waals surface area contributed by atoms with E-state index in [2.05, 4.69) is 73.3 Å². The first-order valence-electron chi connectivity index (χ1n) is 30.8. The summed E-state index contributed by atoms with van der Waals surface area (Å²) in [6, 6.07) is 27.7. The number of carbonyl (C=O) groups excluding carboxylic acids is 3. The van der Waals surface area contributed by atoms with Crippen LogP contribution in [0.2, 0.25) is 25.7 Å². The zero-order valence-corrected chi connectivity index (χ0v) is 58.1. The number of aryl methyl sites for hydroxylation is 2. The van der Waals surface area contributed by atoms with E-state index in [1.165, 1.54) is 16.1 Å². The monoisotopic (exact) mass is 1350 g/mol. The lowest BCUT2D eigenvalue weighted by Gasteiger charge is -2.32. The molecule has 0 atom stereocenters. The minimum absolute atomic E-state index is 0.0289. The normalized spacial score (nSPS) is 14.7. The molecule has 8 aromatic rings. The van der Waals surface area contributed by atoms with E-state index in [-0.39, 0.29) is 42.1 Å². The van der Waals surface area contributed by atoms with E-state index in [9.17, 15) is 29.1 Å². The molecule has 2 amide bonds. The summed E-state index contributed by atoms with van der Waals surface area (Å²) in [6.45, 7) is 18.3. The van der Waals surface area contributed by atoms with Crippen molar-refractivity contribution in [3.8, 4) is 11.1 Å². The summed E-state index contributed by atoms with van der Waals surface area (Å²) < 4.78 is 29.4. The smallest absolute Gasteiger partial charge is 0.461 e. The van der Waals surface area contributed by atoms with Gasteiger partial charge in [0.05, 0.1) is 29.2 Å². The summed E-state index contributed by atoms with van der Waals surface area (Å²) in [4.78, 5) is 82.5. The molecule has 0 unspecified atom stereocenters. The number of aromatic nitrogens is 6. The van der Waals surface area contributed by atoms with Crippen molar-refractivity contribution in [1.82, 2.24) is 28.7 Å². The molecule has 1 saturated heterocycles. The van der Waals surface area contributed by atoms with Crippen molar-refractivity contribution in [3.05, 3.63) is 181 Å². The van der Waals surface area contributed by atoms with Crippen molar-refractivity contribution in [2.45, 2.75) is 104 Å². The molecule has 1 fully saturated rings. The van der Waals surface area contributed by atoms with Crippen LogP contribution in [-0.4, -0.2) is 126 Å². The van der Waals surface area contributed by atoms with Crippen LogP contribution in [0, 0.1) is 0 Å². The Morgan fingerprint density at radius 1 is 0.742 bits per heavy atom. The highest BCUT2D eigenvalue weighted by atomic mass is 79.9. The number of halogens is 1. The minimum Gasteiger partial charge on any atom is -0.461 e. The number of nitrogens with one attached hydrogen (secondary N) is 3. The average molecular weight is 1350 g/mol. The number of carbonyl (C=O) groups is 3. The van der Waals surface area contributed by atoms with Gasteiger partial charge in [0.1, 0.15) is 24.7 Å². The van der Waals surface area contributed by atoms with Gasteiger partial charge in [-0.15, -0.1) is 0 Å². The number of nitrogens with zero attached hydrogens (tertiary/aromatic N) is 9. The van der Waals surface area contributed by atoms with E-state index in [0.717, 1.165) is 74.6 Å². The molecule has 0 saturated carbocycles. The predicted octanol–water partition coefficient (Wildman–Crippen LogP) is 10.00. The SMILES string of the molecule is CC(=O)OCc1c(B2OC(C)(C)C(C)(C)O2)cccc1N1CCc2cc(N(C)C)ccc2C1=O.CN(C)c1ccc2c(c1)CCN(c1cccc(-c3cc(Nc4ncc[nH]4)c(=O)n(C)c3)c1CO)C2=O.Cn1cc(Br)cc(Nc2nccn2COCC[Si](C)(C)C)c1=O. The van der Waals surface area contributed by atoms with Crippen molar-refractivity contribution in [2.24, 2.45) is 14.1 Å². The zero-order chi connectivity index (χ0) is 67.3. The summed E-state index contributed by atoms with van der Waals surface area (Å²) in [5.41, 5.74) is 9.97. The fourth-order valence-corrected chi connectivity index (χ4v) is 12.3. The van der Waals surface area contributed by atoms with Gasteiger partial charge < -0.3 is 68.2 Å². The number of pyridine rings is 2. The standard InChI is InChI=1S/C27H28N6O3.C26H33BN2O5.C15H23BrN4O2Si/c1-31(2)19-7-8-21-17(13-19)9-12-33(25(21)35)24-6-4-5-20(22(24)16-34)18-14-23(26(36)32(3)15-18)30-27-28-10-11-29-27;1-17(30)32-16-21-22(27-33-25(2,3)26(4,5)34-27)9-8-10-23(21)29-14-13-18-15-19(28(6)7)11-12-20(18)24(29)31;1-19-10-12(16)9-13(14(19)21)18-15-17-5-6-20(15)11-22-7-8-23(2,3)4/h4-8,10-11,13-15,34H,9,12,16H2,1-3H3,(H2,28,29,30);8-12,15H,13-14,16H2,1-7H3;5-6,9-10H,7-8,11H2,1-4H3,(H,17,18). The molecule has 4 aromatic carbocycles. The maximum atomic E-state index is 13.6. The molecular formula is C68H84BBrN12O10Si. The lowest BCUT2D eigenvalue weighted by molar-refractivity contribution is -0.142. The van der Waals surface area contributed by atoms with Gasteiger partial charge in [-0.2, -0.15) is 0 Å². The Balaban J connectivity index is 0.000000169. The molecule has 11 rings (SSSR count). The third kappa shape index (κ3) is 15.9. The van der Waals surface area contributed by atoms with Crippen LogP contribution in [-0.2, 0) is 70.5 Å². The number of esters is 1. The van der Waals surface area contributed by atoms with Crippen molar-refractivity contribution in [2.75, 3.05) is 78.1 Å². The van der Waals surface area contributed by atoms with Gasteiger partial charge >= 0.3 is 13.1 Å². The maximum absolute atomic E-state index is 13.6. The number of aromatic amines is 1. The van der Waals surface area contributed by atoms with Gasteiger partial charge in [-0.1, -0.05) is 43.9 Å². The summed E-state index contributed by atoms with van der Waals surface area (Å²) in [5, 5.41) is 16.5. The largest absolute Gasteiger partial charge is 0.495 e. The first-order chi connectivity index (χ1) is 44.0. The Kier molecular flexibility index (Phi) is 21.2. The Bertz CT molecular complexity index is 4150. The van der Waals surface area contributed by atoms with Gasteiger partial charge in [0.25, 0.3) is 22.9 Å². The number of H-pyrrole nitrogens is 1. The molecule has 3 aliphatic rings. The summed E-state index contributed by atoms with van der Waals surface area (Å²) in [6.07, 6.45) is 11.7. The highest BCUT2D eigenvalue weighted by Crippen LogP contribution is 2.39. The molecule has 22 nitrogen and oxygen atoms in total. The molecule has 93 heavy (non-hydrogen) atoms. The highest BCUT2D eigenvalue weighted by Gasteiger charge is 2.52. The van der Waals surface area contributed by atoms with Gasteiger partial charge in [0.15, 0.2) is 0 Å². The first kappa shape index (κ1) is 68.8. The Morgan fingerprint density at radius 3 is 1.86 bits per heavy atom. The molecule has 0 radical (unpaired) electrons. The van der Waals surface area contributed by atoms with E-state index >= 15 is 0 Å². The number of anilines is 8. The van der Waals surface area contributed by atoms with Crippen molar-refractivity contribution >= 4 is 100 Å². The van der Waals surface area contributed by atoms with Crippen molar-refractivity contribution < 1.29 is 38.3 Å². The number of fused-ring (bicyclic) bond motifs is 2. The topological polar surface area (TPSA) is 236 Å². The van der Waals surface area contributed by atoms with Crippen LogP contribution in [0.4, 0.5) is 46.0 Å². The second-order valence-electron chi connectivity index (χ2n) is 25.9. The zero-order valence-electron chi connectivity index (χ0n) is 55.5. The molecule has 490 valence electrons. The van der Waals surface area contributed by atoms with E-state index in [0.29, 0.717) is 71.2 Å². The van der Waals surface area contributed by atoms with Gasteiger partial charge in [-0.25, -0.2) is 9.97 Å². The molecule has 0 spiro atoms. The van der Waals surface area contributed by atoms with Crippen LogP contribution in [0.25, 0.3) is 11.1 Å². The van der Waals surface area contributed by atoms with Crippen LogP contribution in [0.5, 0.6) is 0 Å². The number of benzene rings is 4. The molecule has 0 bridgehead atoms. The Hall–Kier alpha value is -8.59. The van der Waals surface area contributed by atoms with Crippen molar-refractivity contribution in [1.29, 1.82) is 0 Å². The fraction of sp³-hybridized carbons (Fsp3) is 0.368. The lowest BCUT2D eigenvalue weighted by atomic mass is 9.75. The summed E-state index contributed by atoms with van der Waals surface area (Å²) >= 11 is 3.39. The van der Waals surface area contributed by atoms with Crippen LogP contribution < -0.4 is 46.8 Å². The number of aliphatic hydroxyl groups is 1. The number of ether oxygens (including phenoxy) is 2. The quantitative estimate of drug-likeness (QED) is 0.0355. The fourth-order valence-electron chi connectivity index (χ4n) is 11.0. The number of amides is 2. The number of rotatable bonds is 18. The van der Waals surface area contributed by atoms with Gasteiger partial charge in [-0.3, -0.25) is 28.5 Å². The molecule has 7 heterocycles. The number of imidazole rings is 2. The maximum Gasteiger partial charge on any atom is 0.495 e. The second kappa shape index (κ2) is 28.7. The van der Waals surface area contributed by atoms with Crippen molar-refractivity contribution in [3.63, 3.8) is 0 Å². The number of hydrogen-bond acceptors (Lipinski definition) is 16. The molecule has 4 aromatic heterocycles. The summed E-state index contributed by atoms with van der Waals surface area (Å²) in [7, 11) is 9.60. The van der Waals surface area contributed by atoms with E-state index in [1.54, 1.807) is 67.0 Å². The van der Waals surface area contributed by atoms with Gasteiger partial charge in [0, 0.05) is 158 Å². The van der Waals surface area contributed by atoms with Crippen LogP contribution in [0.3, 0.4) is 0 Å². The Labute approximate surface area is 552 Å². The van der Waals surface area contributed by atoms with Gasteiger partial charge in [-0.05, 0) is 145 Å². The van der Waals surface area contributed by atoms with Crippen LogP contribution in [0.1, 0.15) is 77.6 Å². The lowest BCUT2D eigenvalue weighted by Crippen LogP contribution is -2.42. The summed E-state index contributed by atoms with van der Waals surface area (Å²) in [5.74, 6) is 0.500. The second-order valence-corrected chi connectivity index (χ2v) is 32.4. The highest BCUT2D eigenvalue weighted by molar-refractivity contribution is 9.10. The molecule has 4 N–H and O–H groups in total. The van der Waals surface area contributed by atoms with Crippen LogP contribution >= 0.6 is 15.9 Å². The van der Waals surface area contributed by atoms with E-state index in [1.807, 2.05) is 137 Å². The Morgan fingerprint density at radius 2 is 1.31 bits per heavy atom. The van der Waals surface area contributed by atoms with E-state index in [4.69, 9.17) is 18.8 Å². The van der Waals surface area contributed by atoms with Crippen LogP contribution in [0.15, 0.2) is 136 Å². The average Bonchev–Trinajstić information content (AvgIpc) is 1.75. The van der Waals surface area contributed by atoms with Gasteiger partial charge in [0.2, 0.25) is 11.9 Å². The molecule has 25 heteroatoms. The molecule has 3 aliphatic heterocycles. The minimum atomic E-state index is -1.09. The third-order valence-corrected chi connectivity index (χ3v) is 19.1. The first-order valence-corrected chi connectivity index (χ1v) is 35.3. The third-order valence-electron chi connectivity index (χ3n) is 17.0. The van der Waals surface area contributed by atoms with E-state index < -0.39 is 26.4 Å².